The van der Waals surface area contributed by atoms with Crippen LogP contribution in [-0.4, -0.2) is 63.0 Å². The molecule has 0 bridgehead atoms. The third-order valence-electron chi connectivity index (χ3n) is 6.86. The van der Waals surface area contributed by atoms with Crippen molar-refractivity contribution in [1.29, 1.82) is 0 Å². The summed E-state index contributed by atoms with van der Waals surface area (Å²) < 4.78 is 22.9. The number of hydrogen-bond acceptors (Lipinski definition) is 7. The predicted octanol–water partition coefficient (Wildman–Crippen LogP) is 2.87. The molecule has 36 heavy (non-hydrogen) atoms. The van der Waals surface area contributed by atoms with Gasteiger partial charge in [-0.2, -0.15) is 0 Å². The lowest BCUT2D eigenvalue weighted by atomic mass is 9.91. The number of carbonyl (C=O) groups excluding carboxylic acids is 1. The average molecular weight is 516 g/mol. The Morgan fingerprint density at radius 1 is 1.33 bits per heavy atom. The molecule has 9 nitrogen and oxygen atoms in total. The number of pyridine rings is 1. The SMILES string of the molecule is CCn1cc(Cl)c2cc(C(=O)NC3CCc4nc(N5CC(N)C(OC(C)C)C5)c(F)cc4C3)nnc21. The Bertz CT molecular complexity index is 1300. The van der Waals surface area contributed by atoms with Gasteiger partial charge in [0.1, 0.15) is 0 Å². The molecule has 3 N–H and O–H groups in total. The zero-order valence-corrected chi connectivity index (χ0v) is 21.4. The molecular weight excluding hydrogens is 485 g/mol. The molecule has 1 amide bonds. The Hall–Kier alpha value is -2.82. The lowest BCUT2D eigenvalue weighted by Crippen LogP contribution is -2.39. The Balaban J connectivity index is 1.28. The standard InChI is InChI=1S/C25H31ClFN7O2/c1-4-33-10-17(26)16-9-21(31-32-23(16)33)25(35)29-15-5-6-20-14(7-15)8-18(27)24(30-20)34-11-19(28)22(12-34)36-13(2)3/h8-10,13,15,19,22H,4-7,11-12,28H2,1-3H3,(H,29,35). The number of rotatable bonds is 6. The lowest BCUT2D eigenvalue weighted by molar-refractivity contribution is 0.0127. The number of halogens is 2. The number of carbonyl (C=O) groups is 1. The molecule has 5 rings (SSSR count). The largest absolute Gasteiger partial charge is 0.372 e. The van der Waals surface area contributed by atoms with Crippen molar-refractivity contribution in [2.24, 2.45) is 5.73 Å². The number of amides is 1. The van der Waals surface area contributed by atoms with E-state index in [0.29, 0.717) is 60.8 Å². The highest BCUT2D eigenvalue weighted by atomic mass is 35.5. The summed E-state index contributed by atoms with van der Waals surface area (Å²) in [6, 6.07) is 2.85. The zero-order chi connectivity index (χ0) is 25.6. The van der Waals surface area contributed by atoms with E-state index in [2.05, 4.69) is 20.5 Å². The third kappa shape index (κ3) is 4.77. The summed E-state index contributed by atoms with van der Waals surface area (Å²) in [4.78, 5) is 19.4. The number of nitrogens with zero attached hydrogens (tertiary/aromatic N) is 5. The minimum atomic E-state index is -0.385. The van der Waals surface area contributed by atoms with Crippen LogP contribution in [0.2, 0.25) is 5.02 Å². The summed E-state index contributed by atoms with van der Waals surface area (Å²) in [6.07, 6.45) is 3.50. The van der Waals surface area contributed by atoms with Gasteiger partial charge in [-0.1, -0.05) is 11.6 Å². The first-order valence-corrected chi connectivity index (χ1v) is 12.8. The number of ether oxygens (including phenoxy) is 1. The van der Waals surface area contributed by atoms with Gasteiger partial charge in [-0.15, -0.1) is 10.2 Å². The maximum absolute atomic E-state index is 15.1. The van der Waals surface area contributed by atoms with Crippen LogP contribution in [0.15, 0.2) is 18.3 Å². The van der Waals surface area contributed by atoms with Gasteiger partial charge < -0.3 is 25.3 Å². The normalized spacial score (nSPS) is 21.9. The van der Waals surface area contributed by atoms with Crippen molar-refractivity contribution < 1.29 is 13.9 Å². The summed E-state index contributed by atoms with van der Waals surface area (Å²) in [6.45, 7) is 7.62. The number of aromatic nitrogens is 4. The molecule has 0 radical (unpaired) electrons. The first kappa shape index (κ1) is 24.9. The molecule has 192 valence electrons. The zero-order valence-electron chi connectivity index (χ0n) is 20.7. The molecule has 2 aliphatic rings. The van der Waals surface area contributed by atoms with Gasteiger partial charge >= 0.3 is 0 Å². The van der Waals surface area contributed by atoms with E-state index in [9.17, 15) is 4.79 Å². The average Bonchev–Trinajstić information content (AvgIpc) is 3.36. The van der Waals surface area contributed by atoms with Gasteiger partial charge in [0.2, 0.25) is 0 Å². The van der Waals surface area contributed by atoms with E-state index in [0.717, 1.165) is 11.3 Å². The van der Waals surface area contributed by atoms with Crippen molar-refractivity contribution in [3.05, 3.63) is 46.1 Å². The van der Waals surface area contributed by atoms with Gasteiger partial charge in [-0.3, -0.25) is 4.79 Å². The van der Waals surface area contributed by atoms with E-state index in [-0.39, 0.29) is 41.7 Å². The summed E-state index contributed by atoms with van der Waals surface area (Å²) >= 11 is 6.31. The predicted molar refractivity (Wildman–Crippen MR) is 136 cm³/mol. The Morgan fingerprint density at radius 3 is 2.89 bits per heavy atom. The van der Waals surface area contributed by atoms with E-state index in [1.54, 1.807) is 12.3 Å². The quantitative estimate of drug-likeness (QED) is 0.519. The maximum Gasteiger partial charge on any atom is 0.272 e. The molecule has 0 aromatic carbocycles. The number of nitrogens with one attached hydrogen (secondary N) is 1. The van der Waals surface area contributed by atoms with Crippen molar-refractivity contribution in [3.63, 3.8) is 0 Å². The fourth-order valence-corrected chi connectivity index (χ4v) is 5.35. The van der Waals surface area contributed by atoms with E-state index in [4.69, 9.17) is 22.1 Å². The van der Waals surface area contributed by atoms with Crippen molar-refractivity contribution in [2.45, 2.75) is 70.9 Å². The number of fused-ring (bicyclic) bond motifs is 2. The fourth-order valence-electron chi connectivity index (χ4n) is 5.09. The van der Waals surface area contributed by atoms with Crippen LogP contribution in [0.3, 0.4) is 0 Å². The molecule has 1 saturated heterocycles. The first-order chi connectivity index (χ1) is 17.2. The minimum Gasteiger partial charge on any atom is -0.372 e. The number of anilines is 1. The summed E-state index contributed by atoms with van der Waals surface area (Å²) in [5, 5.41) is 12.5. The van der Waals surface area contributed by atoms with Crippen molar-refractivity contribution >= 4 is 34.4 Å². The van der Waals surface area contributed by atoms with Crippen LogP contribution in [0.5, 0.6) is 0 Å². The second kappa shape index (κ2) is 9.91. The van der Waals surface area contributed by atoms with Crippen LogP contribution < -0.4 is 16.0 Å². The molecule has 0 saturated carbocycles. The van der Waals surface area contributed by atoms with Gasteiger partial charge in [0.05, 0.1) is 23.3 Å². The van der Waals surface area contributed by atoms with Crippen LogP contribution >= 0.6 is 11.6 Å². The molecule has 1 aliphatic carbocycles. The summed E-state index contributed by atoms with van der Waals surface area (Å²) in [7, 11) is 0. The van der Waals surface area contributed by atoms with Crippen molar-refractivity contribution in [3.8, 4) is 0 Å². The number of aryl methyl sites for hydroxylation is 2. The highest BCUT2D eigenvalue weighted by molar-refractivity contribution is 6.35. The topological polar surface area (TPSA) is 111 Å². The van der Waals surface area contributed by atoms with Gasteiger partial charge in [0.25, 0.3) is 5.91 Å². The van der Waals surface area contributed by atoms with Crippen LogP contribution in [0.4, 0.5) is 10.2 Å². The lowest BCUT2D eigenvalue weighted by Gasteiger charge is -2.27. The van der Waals surface area contributed by atoms with Crippen LogP contribution in [0.25, 0.3) is 11.0 Å². The number of nitrogens with two attached hydrogens (primary N) is 1. The van der Waals surface area contributed by atoms with Gasteiger partial charge in [0.15, 0.2) is 23.0 Å². The smallest absolute Gasteiger partial charge is 0.272 e. The number of hydrogen-bond donors (Lipinski definition) is 2. The van der Waals surface area contributed by atoms with Crippen molar-refractivity contribution in [1.82, 2.24) is 25.1 Å². The molecule has 1 aliphatic heterocycles. The first-order valence-electron chi connectivity index (χ1n) is 12.4. The monoisotopic (exact) mass is 515 g/mol. The third-order valence-corrected chi connectivity index (χ3v) is 7.16. The molecule has 0 spiro atoms. The molecule has 3 aromatic rings. The molecular formula is C25H31ClFN7O2. The Kier molecular flexibility index (Phi) is 6.84. The second-order valence-corrected chi connectivity index (χ2v) is 10.2. The van der Waals surface area contributed by atoms with E-state index in [1.165, 1.54) is 6.07 Å². The van der Waals surface area contributed by atoms with E-state index >= 15 is 4.39 Å². The van der Waals surface area contributed by atoms with Gasteiger partial charge in [-0.05, 0) is 57.7 Å². The highest BCUT2D eigenvalue weighted by Crippen LogP contribution is 2.29. The van der Waals surface area contributed by atoms with Crippen LogP contribution in [-0.2, 0) is 24.1 Å². The summed E-state index contributed by atoms with van der Waals surface area (Å²) in [5.41, 5.74) is 8.73. The molecule has 3 aromatic heterocycles. The Morgan fingerprint density at radius 2 is 2.14 bits per heavy atom. The van der Waals surface area contributed by atoms with Gasteiger partial charge in [0, 0.05) is 43.0 Å². The molecule has 1 fully saturated rings. The molecule has 4 heterocycles. The van der Waals surface area contributed by atoms with E-state index in [1.807, 2.05) is 30.2 Å². The maximum atomic E-state index is 15.1. The Labute approximate surface area is 214 Å². The molecule has 3 unspecified atom stereocenters. The van der Waals surface area contributed by atoms with Crippen molar-refractivity contribution in [2.75, 3.05) is 18.0 Å². The molecule has 11 heteroatoms. The fraction of sp³-hybridized carbons (Fsp3) is 0.520. The van der Waals surface area contributed by atoms with Crippen LogP contribution in [0, 0.1) is 5.82 Å². The second-order valence-electron chi connectivity index (χ2n) is 9.83. The molecule has 3 atom stereocenters. The van der Waals surface area contributed by atoms with Gasteiger partial charge in [-0.25, -0.2) is 9.37 Å². The summed E-state index contributed by atoms with van der Waals surface area (Å²) in [5.74, 6) is -0.393. The highest BCUT2D eigenvalue weighted by Gasteiger charge is 2.34. The minimum absolute atomic E-state index is 0.0526. The van der Waals surface area contributed by atoms with E-state index < -0.39 is 0 Å². The van der Waals surface area contributed by atoms with Crippen LogP contribution in [0.1, 0.15) is 48.9 Å².